The van der Waals surface area contributed by atoms with Crippen molar-refractivity contribution in [1.82, 2.24) is 0 Å². The third kappa shape index (κ3) is 4.39. The monoisotopic (exact) mass is 111 g/mol. The summed E-state index contributed by atoms with van der Waals surface area (Å²) in [6.07, 6.45) is 0.627. The Morgan fingerprint density at radius 3 is 2.40 bits per heavy atom. The van der Waals surface area contributed by atoms with Crippen molar-refractivity contribution in [3.05, 3.63) is 0 Å². The van der Waals surface area contributed by atoms with Crippen LogP contribution < -0.4 is 0 Å². The summed E-state index contributed by atoms with van der Waals surface area (Å²) in [6, 6.07) is 0. The van der Waals surface area contributed by atoms with Crippen LogP contribution in [0.5, 0.6) is 0 Å². The summed E-state index contributed by atoms with van der Waals surface area (Å²) in [6.45, 7) is 0. The third-order valence-corrected chi connectivity index (χ3v) is 1.16. The zero-order valence-corrected chi connectivity index (χ0v) is 4.46. The van der Waals surface area contributed by atoms with E-state index in [2.05, 4.69) is 0 Å². The molecule has 31 valence electrons. The quantitative estimate of drug-likeness (QED) is 0.387. The number of hydrogen-bond acceptors (Lipinski definition) is 1. The van der Waals surface area contributed by atoms with Crippen molar-refractivity contribution < 1.29 is 4.57 Å². The molecule has 0 aromatic carbocycles. The minimum absolute atomic E-state index is 0.224. The Morgan fingerprint density at radius 2 is 2.40 bits per heavy atom. The van der Waals surface area contributed by atoms with Crippen molar-refractivity contribution in [2.24, 2.45) is 0 Å². The van der Waals surface area contributed by atoms with E-state index in [1.807, 2.05) is 0 Å². The van der Waals surface area contributed by atoms with Crippen molar-refractivity contribution in [2.45, 2.75) is 0 Å². The van der Waals surface area contributed by atoms with Gasteiger partial charge in [0.25, 0.3) is 0 Å². The molecular formula is C2H5ClOP. The van der Waals surface area contributed by atoms with Gasteiger partial charge in [-0.2, -0.15) is 0 Å². The zero-order chi connectivity index (χ0) is 4.12. The van der Waals surface area contributed by atoms with E-state index in [1.165, 1.54) is 0 Å². The molecule has 0 N–H and O–H groups in total. The lowest BCUT2D eigenvalue weighted by atomic mass is 11.0. The van der Waals surface area contributed by atoms with Crippen molar-refractivity contribution in [3.8, 4) is 0 Å². The number of hydrogen-bond donors (Lipinski definition) is 0. The van der Waals surface area contributed by atoms with Crippen LogP contribution in [0.2, 0.25) is 0 Å². The first kappa shape index (κ1) is 5.39. The van der Waals surface area contributed by atoms with E-state index in [0.29, 0.717) is 12.0 Å². The largest absolute Gasteiger partial charge is 0.290 e. The second-order valence-corrected chi connectivity index (χ2v) is 1.75. The van der Waals surface area contributed by atoms with E-state index in [9.17, 15) is 4.57 Å². The summed E-state index contributed by atoms with van der Waals surface area (Å²) in [7, 11) is -0.224. The van der Waals surface area contributed by atoms with Crippen LogP contribution in [-0.4, -0.2) is 12.0 Å². The molecule has 1 unspecified atom stereocenters. The average Bonchev–Trinajstić information content (AvgIpc) is 1.41. The summed E-state index contributed by atoms with van der Waals surface area (Å²) < 4.78 is 9.47. The molecule has 0 heterocycles. The second kappa shape index (κ2) is 4.39. The first-order valence-corrected chi connectivity index (χ1v) is 2.97. The Bertz CT molecular complexity index is 30.8. The van der Waals surface area contributed by atoms with Crippen LogP contribution in [0.1, 0.15) is 0 Å². The molecule has 0 aliphatic rings. The average molecular weight is 111 g/mol. The molecule has 0 saturated carbocycles. The van der Waals surface area contributed by atoms with Gasteiger partial charge in [0.05, 0.1) is 8.46 Å². The molecule has 0 saturated heterocycles. The van der Waals surface area contributed by atoms with Gasteiger partial charge in [0, 0.05) is 12.0 Å². The van der Waals surface area contributed by atoms with Crippen LogP contribution >= 0.6 is 20.1 Å². The molecule has 0 amide bonds. The summed E-state index contributed by atoms with van der Waals surface area (Å²) >= 11 is 5.11. The van der Waals surface area contributed by atoms with E-state index < -0.39 is 0 Å². The van der Waals surface area contributed by atoms with Crippen LogP contribution in [0.15, 0.2) is 0 Å². The van der Waals surface area contributed by atoms with Crippen molar-refractivity contribution in [1.29, 1.82) is 0 Å². The second-order valence-electron chi connectivity index (χ2n) is 0.583. The fourth-order valence-electron chi connectivity index (χ4n) is 0.0386. The Morgan fingerprint density at radius 1 is 1.80 bits per heavy atom. The summed E-state index contributed by atoms with van der Waals surface area (Å²) in [5, 5.41) is 0. The van der Waals surface area contributed by atoms with Gasteiger partial charge in [0.15, 0.2) is 0 Å². The molecule has 1 nitrogen and oxygen atoms in total. The first-order chi connectivity index (χ1) is 2.41. The zero-order valence-electron chi connectivity index (χ0n) is 2.70. The maximum atomic E-state index is 9.47. The lowest BCUT2D eigenvalue weighted by Crippen LogP contribution is -1.65. The number of alkyl halides is 1. The van der Waals surface area contributed by atoms with E-state index in [0.717, 1.165) is 0 Å². The van der Waals surface area contributed by atoms with Gasteiger partial charge in [-0.1, -0.05) is 0 Å². The number of rotatable bonds is 2. The fraction of sp³-hybridized carbons (Fsp3) is 1.00. The summed E-state index contributed by atoms with van der Waals surface area (Å²) in [4.78, 5) is 0. The molecule has 0 aromatic rings. The Hall–Kier alpha value is 0.390. The van der Waals surface area contributed by atoms with Gasteiger partial charge in [0.1, 0.15) is 0 Å². The van der Waals surface area contributed by atoms with Gasteiger partial charge in [-0.3, -0.25) is 4.57 Å². The molecule has 0 aliphatic heterocycles. The van der Waals surface area contributed by atoms with Crippen LogP contribution in [-0.2, 0) is 4.57 Å². The summed E-state index contributed by atoms with van der Waals surface area (Å²) in [5.74, 6) is 0.516. The predicted molar refractivity (Wildman–Crippen MR) is 24.6 cm³/mol. The minimum Gasteiger partial charge on any atom is -0.290 e. The lowest BCUT2D eigenvalue weighted by molar-refractivity contribution is 0.599. The molecule has 0 aliphatic carbocycles. The van der Waals surface area contributed by atoms with Gasteiger partial charge >= 0.3 is 0 Å². The molecule has 0 spiro atoms. The fourth-order valence-corrected chi connectivity index (χ4v) is 0.347. The van der Waals surface area contributed by atoms with E-state index in [4.69, 9.17) is 11.6 Å². The van der Waals surface area contributed by atoms with Gasteiger partial charge < -0.3 is 0 Å². The van der Waals surface area contributed by atoms with E-state index in [-0.39, 0.29) is 8.46 Å². The molecule has 5 heavy (non-hydrogen) atoms. The highest BCUT2D eigenvalue weighted by molar-refractivity contribution is 7.23. The maximum Gasteiger partial charge on any atom is 0.0593 e. The molecule has 0 bridgehead atoms. The minimum atomic E-state index is -0.224. The standard InChI is InChI=1S/C2H5ClOP/c3-1-2-5-4/h5H,1-2H2. The van der Waals surface area contributed by atoms with Gasteiger partial charge in [0.2, 0.25) is 0 Å². The number of halogens is 1. The van der Waals surface area contributed by atoms with Gasteiger partial charge in [-0.15, -0.1) is 11.6 Å². The third-order valence-electron chi connectivity index (χ3n) is 0.197. The van der Waals surface area contributed by atoms with Crippen molar-refractivity contribution in [2.75, 3.05) is 12.0 Å². The van der Waals surface area contributed by atoms with E-state index in [1.54, 1.807) is 0 Å². The molecular weight excluding hydrogens is 106 g/mol. The van der Waals surface area contributed by atoms with Crippen molar-refractivity contribution >= 4 is 20.1 Å². The van der Waals surface area contributed by atoms with Gasteiger partial charge in [-0.25, -0.2) is 0 Å². The van der Waals surface area contributed by atoms with Crippen molar-refractivity contribution in [3.63, 3.8) is 0 Å². The Labute approximate surface area is 37.5 Å². The first-order valence-electron chi connectivity index (χ1n) is 1.32. The lowest BCUT2D eigenvalue weighted by Gasteiger charge is -1.66. The van der Waals surface area contributed by atoms with Crippen LogP contribution in [0, 0.1) is 0 Å². The molecule has 1 radical (unpaired) electrons. The predicted octanol–water partition coefficient (Wildman–Crippen LogP) is 1.25. The van der Waals surface area contributed by atoms with E-state index >= 15 is 0 Å². The highest BCUT2D eigenvalue weighted by Crippen LogP contribution is 1.89. The van der Waals surface area contributed by atoms with Crippen LogP contribution in [0.3, 0.4) is 0 Å². The molecule has 3 heteroatoms. The molecule has 1 atom stereocenters. The highest BCUT2D eigenvalue weighted by atomic mass is 35.5. The molecule has 0 aromatic heterocycles. The topological polar surface area (TPSA) is 17.1 Å². The summed E-state index contributed by atoms with van der Waals surface area (Å²) in [5.41, 5.74) is 0. The Balaban J connectivity index is 2.40. The Kier molecular flexibility index (Phi) is 4.73. The smallest absolute Gasteiger partial charge is 0.0593 e. The molecule has 0 fully saturated rings. The van der Waals surface area contributed by atoms with Crippen LogP contribution in [0.25, 0.3) is 0 Å². The van der Waals surface area contributed by atoms with Gasteiger partial charge in [-0.05, 0) is 0 Å². The maximum absolute atomic E-state index is 9.47. The van der Waals surface area contributed by atoms with Crippen LogP contribution in [0.4, 0.5) is 0 Å². The molecule has 0 rings (SSSR count). The highest BCUT2D eigenvalue weighted by Gasteiger charge is 1.68. The normalized spacial score (nSPS) is 9.00. The SMILES string of the molecule is O=[PH]CCCl.